The lowest BCUT2D eigenvalue weighted by molar-refractivity contribution is 0.989. The highest BCUT2D eigenvalue weighted by atomic mass is 15.0. The van der Waals surface area contributed by atoms with Crippen molar-refractivity contribution in [3.8, 4) is 11.8 Å². The van der Waals surface area contributed by atoms with Crippen LogP contribution in [-0.2, 0) is 7.05 Å². The first-order chi connectivity index (χ1) is 10.8. The Morgan fingerprint density at radius 1 is 0.818 bits per heavy atom. The molecule has 2 aromatic carbocycles. The molecule has 104 valence electrons. The third kappa shape index (κ3) is 2.04. The van der Waals surface area contributed by atoms with Gasteiger partial charge in [-0.1, -0.05) is 48.2 Å². The Morgan fingerprint density at radius 2 is 1.55 bits per heavy atom. The zero-order chi connectivity index (χ0) is 14.9. The van der Waals surface area contributed by atoms with E-state index in [2.05, 4.69) is 51.7 Å². The predicted molar refractivity (Wildman–Crippen MR) is 90.6 cm³/mol. The van der Waals surface area contributed by atoms with E-state index < -0.39 is 0 Å². The summed E-state index contributed by atoms with van der Waals surface area (Å²) in [5.41, 5.74) is 4.14. The zero-order valence-corrected chi connectivity index (χ0v) is 12.2. The van der Waals surface area contributed by atoms with Crippen LogP contribution in [0.5, 0.6) is 0 Å². The number of rotatable bonds is 0. The highest BCUT2D eigenvalue weighted by molar-refractivity contribution is 6.06. The third-order valence-electron chi connectivity index (χ3n) is 3.86. The summed E-state index contributed by atoms with van der Waals surface area (Å²) >= 11 is 0. The number of hydrogen-bond donors (Lipinski definition) is 0. The van der Waals surface area contributed by atoms with Crippen molar-refractivity contribution >= 4 is 21.9 Å². The van der Waals surface area contributed by atoms with Gasteiger partial charge in [0.25, 0.3) is 0 Å². The molecule has 0 bridgehead atoms. The summed E-state index contributed by atoms with van der Waals surface area (Å²) in [4.78, 5) is 4.59. The number of aryl methyl sites for hydroxylation is 1. The van der Waals surface area contributed by atoms with Gasteiger partial charge in [0.05, 0.1) is 5.52 Å². The quantitative estimate of drug-likeness (QED) is 0.443. The molecule has 0 aliphatic heterocycles. The lowest BCUT2D eigenvalue weighted by atomic mass is 10.1. The number of para-hydroxylation sites is 1. The largest absolute Gasteiger partial charge is 0.328 e. The van der Waals surface area contributed by atoms with Gasteiger partial charge in [-0.2, -0.15) is 0 Å². The summed E-state index contributed by atoms with van der Waals surface area (Å²) < 4.78 is 2.12. The Bertz CT molecular complexity index is 1030. The molecule has 2 aromatic heterocycles. The van der Waals surface area contributed by atoms with Crippen LogP contribution in [0, 0.1) is 11.8 Å². The van der Waals surface area contributed by atoms with Gasteiger partial charge in [-0.15, -0.1) is 0 Å². The van der Waals surface area contributed by atoms with Crippen molar-refractivity contribution in [2.75, 3.05) is 0 Å². The van der Waals surface area contributed by atoms with E-state index in [-0.39, 0.29) is 0 Å². The fraction of sp³-hybridized carbons (Fsp3) is 0.0500. The van der Waals surface area contributed by atoms with Gasteiger partial charge in [0.2, 0.25) is 0 Å². The molecule has 0 unspecified atom stereocenters. The maximum Gasteiger partial charge on any atom is 0.140 e. The second kappa shape index (κ2) is 5.05. The molecular formula is C20H14N2. The molecule has 2 nitrogen and oxygen atoms in total. The van der Waals surface area contributed by atoms with Gasteiger partial charge in [0.1, 0.15) is 5.65 Å². The van der Waals surface area contributed by atoms with Crippen molar-refractivity contribution in [2.45, 2.75) is 0 Å². The lowest BCUT2D eigenvalue weighted by Gasteiger charge is -1.96. The Hall–Kier alpha value is -3.05. The van der Waals surface area contributed by atoms with E-state index in [4.69, 9.17) is 0 Å². The van der Waals surface area contributed by atoms with E-state index in [1.165, 1.54) is 10.9 Å². The Kier molecular flexibility index (Phi) is 2.91. The summed E-state index contributed by atoms with van der Waals surface area (Å²) in [7, 11) is 2.05. The highest BCUT2D eigenvalue weighted by Gasteiger charge is 2.08. The molecule has 0 aliphatic rings. The number of benzene rings is 2. The highest BCUT2D eigenvalue weighted by Crippen LogP contribution is 2.26. The molecule has 0 aliphatic carbocycles. The van der Waals surface area contributed by atoms with Gasteiger partial charge in [-0.05, 0) is 24.3 Å². The Morgan fingerprint density at radius 3 is 2.41 bits per heavy atom. The Labute approximate surface area is 129 Å². The maximum atomic E-state index is 4.59. The molecule has 0 amide bonds. The number of nitrogens with zero attached hydrogens (tertiary/aromatic N) is 2. The maximum absolute atomic E-state index is 4.59. The normalized spacial score (nSPS) is 10.6. The molecule has 0 saturated carbocycles. The molecule has 2 heteroatoms. The van der Waals surface area contributed by atoms with Crippen LogP contribution < -0.4 is 0 Å². The molecule has 0 fully saturated rings. The van der Waals surface area contributed by atoms with Crippen molar-refractivity contribution < 1.29 is 0 Å². The molecule has 4 rings (SSSR count). The molecule has 0 spiro atoms. The van der Waals surface area contributed by atoms with Crippen LogP contribution >= 0.6 is 0 Å². The smallest absolute Gasteiger partial charge is 0.140 e. The van der Waals surface area contributed by atoms with E-state index in [0.717, 1.165) is 22.2 Å². The fourth-order valence-corrected chi connectivity index (χ4v) is 2.77. The molecule has 0 atom stereocenters. The van der Waals surface area contributed by atoms with Gasteiger partial charge < -0.3 is 4.57 Å². The topological polar surface area (TPSA) is 17.8 Å². The van der Waals surface area contributed by atoms with E-state index in [1.807, 2.05) is 43.6 Å². The summed E-state index contributed by atoms with van der Waals surface area (Å²) in [6.07, 6.45) is 1.84. The minimum atomic E-state index is 0.938. The van der Waals surface area contributed by atoms with Crippen molar-refractivity contribution in [3.63, 3.8) is 0 Å². The molecular weight excluding hydrogens is 268 g/mol. The first-order valence-electron chi connectivity index (χ1n) is 7.23. The summed E-state index contributed by atoms with van der Waals surface area (Å²) in [5.74, 6) is 6.39. The van der Waals surface area contributed by atoms with E-state index in [9.17, 15) is 0 Å². The molecule has 0 N–H and O–H groups in total. The third-order valence-corrected chi connectivity index (χ3v) is 3.86. The minimum absolute atomic E-state index is 0.938. The van der Waals surface area contributed by atoms with Crippen LogP contribution in [-0.4, -0.2) is 9.55 Å². The van der Waals surface area contributed by atoms with Crippen LogP contribution in [0.4, 0.5) is 0 Å². The molecule has 0 saturated heterocycles. The molecule has 22 heavy (non-hydrogen) atoms. The molecule has 4 aromatic rings. The van der Waals surface area contributed by atoms with Crippen LogP contribution in [0.2, 0.25) is 0 Å². The summed E-state index contributed by atoms with van der Waals surface area (Å²) in [6, 6.07) is 20.5. The number of aromatic nitrogens is 2. The average Bonchev–Trinajstić information content (AvgIpc) is 2.87. The Balaban J connectivity index is 1.88. The number of pyridine rings is 1. The van der Waals surface area contributed by atoms with Crippen molar-refractivity contribution in [1.82, 2.24) is 9.55 Å². The molecule has 2 heterocycles. The standard InChI is InChI=1S/C20H14N2/c1-22-19-10-6-5-9-17(19)18-13-16(14-21-20(18)22)12-11-15-7-3-2-4-8-15/h2-10,13-14H,1H3. The van der Waals surface area contributed by atoms with Crippen LogP contribution in [0.3, 0.4) is 0 Å². The number of fused-ring (bicyclic) bond motifs is 3. The number of hydrogen-bond acceptors (Lipinski definition) is 1. The van der Waals surface area contributed by atoms with Crippen molar-refractivity contribution in [3.05, 3.63) is 78.0 Å². The summed E-state index contributed by atoms with van der Waals surface area (Å²) in [5, 5.41) is 2.37. The SMILES string of the molecule is Cn1c2ccccc2c2cc(C#Cc3ccccc3)cnc21. The second-order valence-corrected chi connectivity index (χ2v) is 5.29. The van der Waals surface area contributed by atoms with Gasteiger partial charge in [-0.25, -0.2) is 4.98 Å². The minimum Gasteiger partial charge on any atom is -0.328 e. The van der Waals surface area contributed by atoms with Gasteiger partial charge in [0.15, 0.2) is 0 Å². The van der Waals surface area contributed by atoms with E-state index in [0.29, 0.717) is 0 Å². The van der Waals surface area contributed by atoms with Gasteiger partial charge in [0, 0.05) is 35.1 Å². The monoisotopic (exact) mass is 282 g/mol. The summed E-state index contributed by atoms with van der Waals surface area (Å²) in [6.45, 7) is 0. The molecule has 0 radical (unpaired) electrons. The first kappa shape index (κ1) is 12.7. The van der Waals surface area contributed by atoms with Crippen LogP contribution in [0.1, 0.15) is 11.1 Å². The fourth-order valence-electron chi connectivity index (χ4n) is 2.77. The second-order valence-electron chi connectivity index (χ2n) is 5.29. The van der Waals surface area contributed by atoms with Crippen LogP contribution in [0.15, 0.2) is 66.9 Å². The van der Waals surface area contributed by atoms with Gasteiger partial charge >= 0.3 is 0 Å². The predicted octanol–water partition coefficient (Wildman–Crippen LogP) is 4.13. The zero-order valence-electron chi connectivity index (χ0n) is 12.2. The average molecular weight is 282 g/mol. The van der Waals surface area contributed by atoms with Crippen LogP contribution in [0.25, 0.3) is 21.9 Å². The van der Waals surface area contributed by atoms with Gasteiger partial charge in [-0.3, -0.25) is 0 Å². The van der Waals surface area contributed by atoms with E-state index in [1.54, 1.807) is 0 Å². The van der Waals surface area contributed by atoms with E-state index >= 15 is 0 Å². The lowest BCUT2D eigenvalue weighted by Crippen LogP contribution is -1.89. The first-order valence-corrected chi connectivity index (χ1v) is 7.23. The van der Waals surface area contributed by atoms with Crippen molar-refractivity contribution in [1.29, 1.82) is 0 Å². The van der Waals surface area contributed by atoms with Crippen molar-refractivity contribution in [2.24, 2.45) is 7.05 Å².